The monoisotopic (exact) mass is 516 g/mol. The third-order valence-corrected chi connectivity index (χ3v) is 7.82. The summed E-state index contributed by atoms with van der Waals surface area (Å²) in [6.07, 6.45) is 3.22. The lowest BCUT2D eigenvalue weighted by atomic mass is 9.73. The van der Waals surface area contributed by atoms with Gasteiger partial charge in [-0.2, -0.15) is 0 Å². The van der Waals surface area contributed by atoms with Gasteiger partial charge < -0.3 is 20.1 Å². The number of nitrogens with zero attached hydrogens (tertiary/aromatic N) is 1. The van der Waals surface area contributed by atoms with E-state index < -0.39 is 29.1 Å². The molecule has 36 heavy (non-hydrogen) atoms. The number of amides is 1. The van der Waals surface area contributed by atoms with E-state index in [1.165, 1.54) is 12.1 Å². The first-order chi connectivity index (χ1) is 17.1. The van der Waals surface area contributed by atoms with Gasteiger partial charge in [-0.3, -0.25) is 4.79 Å². The summed E-state index contributed by atoms with van der Waals surface area (Å²) in [5.74, 6) is -5.33. The van der Waals surface area contributed by atoms with Crippen molar-refractivity contribution >= 4 is 5.91 Å². The van der Waals surface area contributed by atoms with Gasteiger partial charge in [0.15, 0.2) is 11.6 Å². The summed E-state index contributed by atoms with van der Waals surface area (Å²) in [7, 11) is 3.36. The second kappa shape index (κ2) is 12.7. The number of hydrogen-bond acceptors (Lipinski definition) is 4. The minimum absolute atomic E-state index is 0.0578. The third-order valence-electron chi connectivity index (χ3n) is 7.82. The van der Waals surface area contributed by atoms with Crippen LogP contribution in [-0.2, 0) is 15.1 Å². The Morgan fingerprint density at radius 3 is 2.72 bits per heavy atom. The van der Waals surface area contributed by atoms with Crippen LogP contribution >= 0.6 is 0 Å². The number of nitrogens with one attached hydrogen (secondary N) is 1. The molecule has 2 fully saturated rings. The van der Waals surface area contributed by atoms with E-state index in [4.69, 9.17) is 4.74 Å². The van der Waals surface area contributed by atoms with Gasteiger partial charge in [0.05, 0.1) is 5.60 Å². The molecule has 1 aliphatic carbocycles. The van der Waals surface area contributed by atoms with Crippen molar-refractivity contribution in [2.24, 2.45) is 17.8 Å². The van der Waals surface area contributed by atoms with E-state index in [1.807, 2.05) is 0 Å². The molecule has 1 aromatic rings. The summed E-state index contributed by atoms with van der Waals surface area (Å²) < 4.78 is 60.6. The smallest absolute Gasteiger partial charge is 0.248 e. The molecule has 0 radical (unpaired) electrons. The van der Waals surface area contributed by atoms with Crippen LogP contribution in [0.1, 0.15) is 63.4 Å². The highest BCUT2D eigenvalue weighted by Gasteiger charge is 2.46. The van der Waals surface area contributed by atoms with Gasteiger partial charge in [-0.25, -0.2) is 17.6 Å². The van der Waals surface area contributed by atoms with Crippen molar-refractivity contribution in [1.82, 2.24) is 10.2 Å². The number of likely N-dealkylation sites (tertiary alicyclic amines) is 1. The lowest BCUT2D eigenvalue weighted by Crippen LogP contribution is -2.49. The molecule has 1 saturated carbocycles. The average molecular weight is 517 g/mol. The molecule has 0 aromatic heterocycles. The summed E-state index contributed by atoms with van der Waals surface area (Å²) in [5.41, 5.74) is -1.70. The minimum atomic E-state index is -2.58. The van der Waals surface area contributed by atoms with Crippen LogP contribution in [0.15, 0.2) is 18.2 Å². The first-order valence-corrected chi connectivity index (χ1v) is 13.1. The van der Waals surface area contributed by atoms with Crippen LogP contribution in [0.5, 0.6) is 0 Å². The number of hydrogen-bond donors (Lipinski definition) is 2. The average Bonchev–Trinajstić information content (AvgIpc) is 2.82. The molecule has 204 valence electrons. The summed E-state index contributed by atoms with van der Waals surface area (Å²) in [6, 6.07) is 3.85. The van der Waals surface area contributed by atoms with Crippen LogP contribution in [-0.4, -0.2) is 62.2 Å². The maximum atomic E-state index is 14.9. The first-order valence-electron chi connectivity index (χ1n) is 13.1. The molecule has 1 heterocycles. The fourth-order valence-corrected chi connectivity index (χ4v) is 5.96. The number of carbonyl (C=O) groups is 1. The molecule has 3 rings (SSSR count). The quantitative estimate of drug-likeness (QED) is 0.290. The van der Waals surface area contributed by atoms with Gasteiger partial charge in [-0.1, -0.05) is 12.1 Å². The molecule has 9 heteroatoms. The fourth-order valence-electron chi connectivity index (χ4n) is 5.96. The number of methoxy groups -OCH3 is 1. The first kappa shape index (κ1) is 28.9. The predicted molar refractivity (Wildman–Crippen MR) is 130 cm³/mol. The van der Waals surface area contributed by atoms with Gasteiger partial charge in [0.2, 0.25) is 11.8 Å². The minimum Gasteiger partial charge on any atom is -0.385 e. The molecule has 1 saturated heterocycles. The van der Waals surface area contributed by atoms with Gasteiger partial charge >= 0.3 is 0 Å². The molecule has 1 aliphatic heterocycles. The summed E-state index contributed by atoms with van der Waals surface area (Å²) >= 11 is 0. The summed E-state index contributed by atoms with van der Waals surface area (Å²) in [6.45, 7) is 1.82. The van der Waals surface area contributed by atoms with E-state index in [0.29, 0.717) is 51.8 Å². The Balaban J connectivity index is 1.71. The summed E-state index contributed by atoms with van der Waals surface area (Å²) in [4.78, 5) is 14.9. The lowest BCUT2D eigenvalue weighted by Gasteiger charge is -2.43. The zero-order chi connectivity index (χ0) is 26.3. The number of halogens is 4. The molecular formula is C27H40F4N2O3. The zero-order valence-electron chi connectivity index (χ0n) is 21.4. The Hall–Kier alpha value is -1.71. The molecule has 1 aromatic carbocycles. The second-order valence-electron chi connectivity index (χ2n) is 10.6. The van der Waals surface area contributed by atoms with Crippen molar-refractivity contribution in [3.05, 3.63) is 35.4 Å². The van der Waals surface area contributed by atoms with Crippen LogP contribution in [0.2, 0.25) is 0 Å². The molecule has 0 bridgehead atoms. The number of alkyl halides is 2. The molecule has 2 N–H and O–H groups in total. The van der Waals surface area contributed by atoms with Crippen LogP contribution in [0.3, 0.4) is 0 Å². The maximum absolute atomic E-state index is 14.9. The van der Waals surface area contributed by atoms with E-state index in [1.54, 1.807) is 19.1 Å². The number of ether oxygens (including phenoxy) is 1. The van der Waals surface area contributed by atoms with Gasteiger partial charge in [-0.15, -0.1) is 0 Å². The van der Waals surface area contributed by atoms with Crippen molar-refractivity contribution in [1.29, 1.82) is 0 Å². The van der Waals surface area contributed by atoms with E-state index in [-0.39, 0.29) is 55.5 Å². The largest absolute Gasteiger partial charge is 0.385 e. The fraction of sp³-hybridized carbons (Fsp3) is 0.741. The SMILES string of the molecule is CNC[C@@H](CC(=O)N1CCC[C@@H]([C@@](O)(CCCCOC)c2cccc(F)c2F)C1)CC1CC(F)(F)C1. The lowest BCUT2D eigenvalue weighted by molar-refractivity contribution is -0.139. The topological polar surface area (TPSA) is 61.8 Å². The highest BCUT2D eigenvalue weighted by molar-refractivity contribution is 5.76. The number of benzene rings is 1. The molecule has 2 aliphatic rings. The molecular weight excluding hydrogens is 476 g/mol. The van der Waals surface area contributed by atoms with Gasteiger partial charge in [0, 0.05) is 57.6 Å². The Morgan fingerprint density at radius 1 is 1.31 bits per heavy atom. The van der Waals surface area contributed by atoms with Crippen molar-refractivity contribution in [2.75, 3.05) is 40.4 Å². The van der Waals surface area contributed by atoms with E-state index in [9.17, 15) is 27.5 Å². The van der Waals surface area contributed by atoms with Crippen LogP contribution in [0.4, 0.5) is 17.6 Å². The van der Waals surface area contributed by atoms with Crippen molar-refractivity contribution in [2.45, 2.75) is 69.3 Å². The summed E-state index contributed by atoms with van der Waals surface area (Å²) in [5, 5.41) is 14.9. The Kier molecular flexibility index (Phi) is 10.2. The van der Waals surface area contributed by atoms with Crippen molar-refractivity contribution < 1.29 is 32.2 Å². The van der Waals surface area contributed by atoms with E-state index in [0.717, 1.165) is 6.07 Å². The van der Waals surface area contributed by atoms with Gasteiger partial charge in [0.1, 0.15) is 0 Å². The highest BCUT2D eigenvalue weighted by atomic mass is 19.3. The molecule has 0 unspecified atom stereocenters. The highest BCUT2D eigenvalue weighted by Crippen LogP contribution is 2.46. The van der Waals surface area contributed by atoms with Crippen LogP contribution in [0, 0.1) is 29.4 Å². The van der Waals surface area contributed by atoms with Crippen molar-refractivity contribution in [3.63, 3.8) is 0 Å². The van der Waals surface area contributed by atoms with Crippen LogP contribution < -0.4 is 5.32 Å². The predicted octanol–water partition coefficient (Wildman–Crippen LogP) is 4.87. The second-order valence-corrected chi connectivity index (χ2v) is 10.6. The zero-order valence-corrected chi connectivity index (χ0v) is 21.4. The van der Waals surface area contributed by atoms with E-state index >= 15 is 0 Å². The van der Waals surface area contributed by atoms with Gasteiger partial charge in [0.25, 0.3) is 0 Å². The van der Waals surface area contributed by atoms with E-state index in [2.05, 4.69) is 5.32 Å². The third kappa shape index (κ3) is 7.19. The number of piperidine rings is 1. The maximum Gasteiger partial charge on any atom is 0.248 e. The Labute approximate surface area is 211 Å². The number of rotatable bonds is 13. The molecule has 5 nitrogen and oxygen atoms in total. The standard InChI is InChI=1S/C27H40F4N2O3/c1-32-17-19(13-20-15-26(30,31)16-20)14-24(34)33-11-6-7-21(18-33)27(35,10-3-4-12-36-2)22-8-5-9-23(28)25(22)29/h5,8-9,19-21,32,35H,3-4,6-7,10-18H2,1-2H3/t19-,21-,27+/m1/s1. The Bertz CT molecular complexity index is 863. The Morgan fingerprint density at radius 2 is 2.06 bits per heavy atom. The normalized spacial score (nSPS) is 22.6. The number of unbranched alkanes of at least 4 members (excludes halogenated alkanes) is 1. The number of carbonyl (C=O) groups excluding carboxylic acids is 1. The number of aliphatic hydroxyl groups is 1. The molecule has 1 amide bonds. The van der Waals surface area contributed by atoms with Crippen molar-refractivity contribution in [3.8, 4) is 0 Å². The molecule has 3 atom stereocenters. The molecule has 0 spiro atoms. The van der Waals surface area contributed by atoms with Crippen LogP contribution in [0.25, 0.3) is 0 Å². The van der Waals surface area contributed by atoms with Gasteiger partial charge in [-0.05, 0) is 70.0 Å².